The fourth-order valence-electron chi connectivity index (χ4n) is 3.04. The molecule has 0 fully saturated rings. The summed E-state index contributed by atoms with van der Waals surface area (Å²) >= 11 is 0. The first kappa shape index (κ1) is 19.0. The molecule has 1 aliphatic heterocycles. The van der Waals surface area contributed by atoms with Crippen molar-refractivity contribution in [3.63, 3.8) is 0 Å². The van der Waals surface area contributed by atoms with Gasteiger partial charge in [0, 0.05) is 12.6 Å². The third-order valence-electron chi connectivity index (χ3n) is 4.38. The molecule has 2 heterocycles. The van der Waals surface area contributed by atoms with Crippen molar-refractivity contribution in [3.8, 4) is 17.4 Å². The Hall–Kier alpha value is -2.76. The van der Waals surface area contributed by atoms with Crippen LogP contribution in [-0.4, -0.2) is 30.7 Å². The molecular weight excluding hydrogens is 344 g/mol. The van der Waals surface area contributed by atoms with Crippen molar-refractivity contribution in [2.45, 2.75) is 33.2 Å². The Morgan fingerprint density at radius 3 is 2.74 bits per heavy atom. The van der Waals surface area contributed by atoms with Gasteiger partial charge in [-0.2, -0.15) is 0 Å². The summed E-state index contributed by atoms with van der Waals surface area (Å²) in [5.74, 6) is 1.79. The van der Waals surface area contributed by atoms with Crippen LogP contribution in [-0.2, 0) is 0 Å². The van der Waals surface area contributed by atoms with Crippen LogP contribution in [0.5, 0.6) is 17.4 Å². The van der Waals surface area contributed by atoms with Crippen molar-refractivity contribution in [2.24, 2.45) is 5.92 Å². The fourth-order valence-corrected chi connectivity index (χ4v) is 3.04. The minimum absolute atomic E-state index is 0.177. The summed E-state index contributed by atoms with van der Waals surface area (Å²) in [5, 5.41) is 3.11. The summed E-state index contributed by atoms with van der Waals surface area (Å²) in [6.07, 6.45) is 2.47. The maximum atomic E-state index is 12.9. The fraction of sp³-hybridized carbons (Fsp3) is 0.429. The maximum Gasteiger partial charge on any atom is 0.257 e. The number of hydrogen-bond acceptors (Lipinski definition) is 5. The first-order valence-corrected chi connectivity index (χ1v) is 9.38. The first-order chi connectivity index (χ1) is 13.1. The lowest BCUT2D eigenvalue weighted by Crippen LogP contribution is -2.32. The molecule has 0 saturated heterocycles. The summed E-state index contributed by atoms with van der Waals surface area (Å²) in [6, 6.07) is 9.12. The number of nitrogens with one attached hydrogen (secondary N) is 1. The average Bonchev–Trinajstić information content (AvgIpc) is 2.91. The third-order valence-corrected chi connectivity index (χ3v) is 4.38. The van der Waals surface area contributed by atoms with Crippen molar-refractivity contribution in [1.29, 1.82) is 0 Å². The second-order valence-corrected chi connectivity index (χ2v) is 6.74. The average molecular weight is 370 g/mol. The van der Waals surface area contributed by atoms with Gasteiger partial charge in [0.2, 0.25) is 5.88 Å². The molecule has 0 unspecified atom stereocenters. The molecule has 1 aliphatic rings. The highest BCUT2D eigenvalue weighted by Crippen LogP contribution is 2.34. The Morgan fingerprint density at radius 1 is 1.22 bits per heavy atom. The molecule has 0 bridgehead atoms. The van der Waals surface area contributed by atoms with E-state index in [9.17, 15) is 4.79 Å². The number of nitrogens with zero attached hydrogens (tertiary/aromatic N) is 1. The van der Waals surface area contributed by atoms with E-state index in [2.05, 4.69) is 24.1 Å². The van der Waals surface area contributed by atoms with Crippen molar-refractivity contribution in [1.82, 2.24) is 10.3 Å². The first-order valence-electron chi connectivity index (χ1n) is 9.38. The molecule has 0 aliphatic carbocycles. The molecule has 1 aromatic carbocycles. The lowest BCUT2D eigenvalue weighted by molar-refractivity contribution is 0.0920. The van der Waals surface area contributed by atoms with E-state index >= 15 is 0 Å². The van der Waals surface area contributed by atoms with Gasteiger partial charge < -0.3 is 19.5 Å². The normalized spacial score (nSPS) is 14.4. The van der Waals surface area contributed by atoms with Crippen LogP contribution in [0.4, 0.5) is 0 Å². The van der Waals surface area contributed by atoms with Gasteiger partial charge in [0.15, 0.2) is 11.5 Å². The van der Waals surface area contributed by atoms with Crippen LogP contribution in [0.2, 0.25) is 0 Å². The number of ether oxygens (including phenoxy) is 3. The maximum absolute atomic E-state index is 12.9. The second-order valence-electron chi connectivity index (χ2n) is 6.74. The molecule has 1 N–H and O–H groups in total. The van der Waals surface area contributed by atoms with E-state index in [4.69, 9.17) is 14.2 Å². The van der Waals surface area contributed by atoms with Gasteiger partial charge in [0.05, 0.1) is 25.9 Å². The van der Waals surface area contributed by atoms with Crippen LogP contribution in [0.15, 0.2) is 36.5 Å². The van der Waals surface area contributed by atoms with Crippen molar-refractivity contribution in [2.75, 3.05) is 19.8 Å². The zero-order valence-corrected chi connectivity index (χ0v) is 16.0. The second kappa shape index (κ2) is 8.75. The van der Waals surface area contributed by atoms with Crippen LogP contribution in [0, 0.1) is 5.92 Å². The number of hydrogen-bond donors (Lipinski definition) is 1. The van der Waals surface area contributed by atoms with E-state index in [0.717, 1.165) is 23.5 Å². The lowest BCUT2D eigenvalue weighted by atomic mass is 9.95. The van der Waals surface area contributed by atoms with Crippen LogP contribution in [0.1, 0.15) is 49.2 Å². The largest absolute Gasteiger partial charge is 0.490 e. The minimum atomic E-state index is -0.211. The van der Waals surface area contributed by atoms with Gasteiger partial charge in [0.25, 0.3) is 5.91 Å². The summed E-state index contributed by atoms with van der Waals surface area (Å²) < 4.78 is 17.0. The third kappa shape index (κ3) is 4.51. The van der Waals surface area contributed by atoms with E-state index < -0.39 is 0 Å². The van der Waals surface area contributed by atoms with Gasteiger partial charge in [-0.25, -0.2) is 4.98 Å². The number of fused-ring (bicyclic) bond motifs is 1. The predicted octanol–water partition coefficient (Wildman–Crippen LogP) is 3.77. The molecule has 0 spiro atoms. The molecule has 144 valence electrons. The number of rotatable bonds is 6. The Labute approximate surface area is 159 Å². The lowest BCUT2D eigenvalue weighted by Gasteiger charge is -2.24. The Bertz CT molecular complexity index is 792. The molecule has 1 atom stereocenters. The molecule has 2 aromatic rings. The van der Waals surface area contributed by atoms with Crippen LogP contribution >= 0.6 is 0 Å². The van der Waals surface area contributed by atoms with Crippen molar-refractivity contribution in [3.05, 3.63) is 47.7 Å². The molecule has 6 nitrogen and oxygen atoms in total. The van der Waals surface area contributed by atoms with E-state index in [1.54, 1.807) is 18.3 Å². The molecule has 0 radical (unpaired) electrons. The highest BCUT2D eigenvalue weighted by molar-refractivity contribution is 5.96. The number of amides is 1. The predicted molar refractivity (Wildman–Crippen MR) is 103 cm³/mol. The Balaban J connectivity index is 1.84. The molecule has 3 rings (SSSR count). The quantitative estimate of drug-likeness (QED) is 0.838. The van der Waals surface area contributed by atoms with E-state index in [-0.39, 0.29) is 17.9 Å². The van der Waals surface area contributed by atoms with Crippen LogP contribution < -0.4 is 19.5 Å². The van der Waals surface area contributed by atoms with E-state index in [0.29, 0.717) is 31.3 Å². The highest BCUT2D eigenvalue weighted by atomic mass is 16.5. The number of aromatic nitrogens is 1. The highest BCUT2D eigenvalue weighted by Gasteiger charge is 2.23. The summed E-state index contributed by atoms with van der Waals surface area (Å²) in [7, 11) is 0. The van der Waals surface area contributed by atoms with Gasteiger partial charge in [-0.1, -0.05) is 19.9 Å². The van der Waals surface area contributed by atoms with Crippen molar-refractivity contribution >= 4 is 5.91 Å². The van der Waals surface area contributed by atoms with Gasteiger partial charge in [0.1, 0.15) is 5.56 Å². The van der Waals surface area contributed by atoms with E-state index in [1.807, 2.05) is 25.1 Å². The number of benzene rings is 1. The zero-order chi connectivity index (χ0) is 19.2. The number of carbonyl (C=O) groups excluding carboxylic acids is 1. The van der Waals surface area contributed by atoms with Gasteiger partial charge in [-0.3, -0.25) is 4.79 Å². The molecule has 1 amide bonds. The standard InChI is InChI=1S/C21H26N2O4/c1-4-25-21-16(7-5-10-22-21)20(24)23-19(14(2)3)15-8-9-17-18(13-15)27-12-6-11-26-17/h5,7-10,13-14,19H,4,6,11-12H2,1-3H3,(H,23,24)/t19-/m0/s1. The molecule has 6 heteroatoms. The monoisotopic (exact) mass is 370 g/mol. The molecule has 27 heavy (non-hydrogen) atoms. The zero-order valence-electron chi connectivity index (χ0n) is 16.0. The molecule has 1 aromatic heterocycles. The molecule has 0 saturated carbocycles. The summed E-state index contributed by atoms with van der Waals surface area (Å²) in [4.78, 5) is 17.0. The van der Waals surface area contributed by atoms with Gasteiger partial charge in [-0.15, -0.1) is 0 Å². The SMILES string of the molecule is CCOc1ncccc1C(=O)N[C@H](c1ccc2c(c1)OCCCO2)C(C)C. The van der Waals surface area contributed by atoms with E-state index in [1.165, 1.54) is 0 Å². The van der Waals surface area contributed by atoms with Crippen molar-refractivity contribution < 1.29 is 19.0 Å². The smallest absolute Gasteiger partial charge is 0.257 e. The van der Waals surface area contributed by atoms with Crippen LogP contribution in [0.25, 0.3) is 0 Å². The van der Waals surface area contributed by atoms with Crippen LogP contribution in [0.3, 0.4) is 0 Å². The molecular formula is C21H26N2O4. The topological polar surface area (TPSA) is 69.7 Å². The van der Waals surface area contributed by atoms with Gasteiger partial charge >= 0.3 is 0 Å². The number of carbonyl (C=O) groups is 1. The minimum Gasteiger partial charge on any atom is -0.490 e. The summed E-state index contributed by atoms with van der Waals surface area (Å²) in [5.41, 5.74) is 1.41. The Kier molecular flexibility index (Phi) is 6.16. The summed E-state index contributed by atoms with van der Waals surface area (Å²) in [6.45, 7) is 7.74. The van der Waals surface area contributed by atoms with Gasteiger partial charge in [-0.05, 0) is 42.7 Å². The number of pyridine rings is 1. The Morgan fingerprint density at radius 2 is 2.00 bits per heavy atom.